The Hall–Kier alpha value is -2.35. The van der Waals surface area contributed by atoms with Gasteiger partial charge in [-0.2, -0.15) is 0 Å². The van der Waals surface area contributed by atoms with Gasteiger partial charge in [0.05, 0.1) is 18.2 Å². The molecule has 176 valence electrons. The lowest BCUT2D eigenvalue weighted by molar-refractivity contribution is -0.124. The first-order chi connectivity index (χ1) is 15.3. The number of carbonyl (C=O) groups excluding carboxylic acids is 1. The maximum atomic E-state index is 13.6. The average molecular weight is 448 g/mol. The zero-order chi connectivity index (χ0) is 23.5. The third-order valence-electron chi connectivity index (χ3n) is 5.46. The van der Waals surface area contributed by atoms with Crippen molar-refractivity contribution in [2.75, 3.05) is 6.54 Å². The van der Waals surface area contributed by atoms with E-state index in [-0.39, 0.29) is 18.9 Å². The molecule has 0 fully saturated rings. The fourth-order valence-electron chi connectivity index (χ4n) is 3.58. The number of hydrogen-bond donors (Lipinski definition) is 4. The highest BCUT2D eigenvalue weighted by atomic mass is 19.1. The van der Waals surface area contributed by atoms with E-state index in [0.29, 0.717) is 18.5 Å². The number of carbonyl (C=O) groups is 1. The Morgan fingerprint density at radius 2 is 1.75 bits per heavy atom. The van der Waals surface area contributed by atoms with Crippen LogP contribution in [0.1, 0.15) is 49.8 Å². The minimum absolute atomic E-state index is 0.0785. The van der Waals surface area contributed by atoms with Crippen molar-refractivity contribution in [2.45, 2.75) is 70.7 Å². The minimum atomic E-state index is -0.974. The van der Waals surface area contributed by atoms with E-state index in [1.807, 2.05) is 19.1 Å². The summed E-state index contributed by atoms with van der Waals surface area (Å²) < 4.78 is 27.3. The van der Waals surface area contributed by atoms with Crippen molar-refractivity contribution in [1.29, 1.82) is 0 Å². The van der Waals surface area contributed by atoms with Crippen LogP contribution in [-0.4, -0.2) is 35.7 Å². The largest absolute Gasteiger partial charge is 0.390 e. The molecular weight excluding hydrogens is 412 g/mol. The molecule has 3 atom stereocenters. The number of unbranched alkanes of at least 4 members (excludes halogenated alkanes) is 1. The van der Waals surface area contributed by atoms with Crippen LogP contribution in [0.15, 0.2) is 42.5 Å². The Bertz CT molecular complexity index is 843. The summed E-state index contributed by atoms with van der Waals surface area (Å²) in [5, 5.41) is 16.8. The second-order valence-electron chi connectivity index (χ2n) is 8.22. The zero-order valence-electron chi connectivity index (χ0n) is 18.9. The molecule has 2 rings (SSSR count). The van der Waals surface area contributed by atoms with Gasteiger partial charge in [0.2, 0.25) is 5.91 Å². The predicted octanol–water partition coefficient (Wildman–Crippen LogP) is 3.22. The molecule has 0 bridgehead atoms. The molecule has 0 aromatic heterocycles. The van der Waals surface area contributed by atoms with E-state index in [4.69, 9.17) is 5.73 Å². The molecule has 0 saturated heterocycles. The number of aliphatic hydroxyl groups is 1. The number of aliphatic hydroxyl groups excluding tert-OH is 1. The zero-order valence-corrected chi connectivity index (χ0v) is 18.9. The lowest BCUT2D eigenvalue weighted by Gasteiger charge is -2.26. The van der Waals surface area contributed by atoms with E-state index in [0.717, 1.165) is 30.9 Å². The van der Waals surface area contributed by atoms with Gasteiger partial charge in [-0.1, -0.05) is 51.0 Å². The van der Waals surface area contributed by atoms with Gasteiger partial charge in [-0.05, 0) is 48.1 Å². The lowest BCUT2D eigenvalue weighted by Crippen LogP contribution is -2.53. The third kappa shape index (κ3) is 8.65. The van der Waals surface area contributed by atoms with Crippen LogP contribution < -0.4 is 16.4 Å². The first-order valence-corrected chi connectivity index (χ1v) is 11.3. The molecule has 1 amide bonds. The van der Waals surface area contributed by atoms with Crippen LogP contribution in [0.25, 0.3) is 0 Å². The quantitative estimate of drug-likeness (QED) is 0.380. The number of aryl methyl sites for hydroxylation is 1. The van der Waals surface area contributed by atoms with Gasteiger partial charge in [-0.25, -0.2) is 8.78 Å². The van der Waals surface area contributed by atoms with Gasteiger partial charge in [-0.15, -0.1) is 0 Å². The standard InChI is InChI=1S/C25H35F2N3O2/c1-3-5-9-22(28)25(32)30-23(13-19-11-20(26)14-21(27)12-19)24(31)16-29-15-18-8-6-7-17(4-2)10-18/h6-8,10-12,14,22-24,29,31H,3-5,9,13,15-16,28H2,1-2H3,(H,30,32)/t22-,23+,24-/m1/s1. The average Bonchev–Trinajstić information content (AvgIpc) is 2.76. The first-order valence-electron chi connectivity index (χ1n) is 11.3. The fourth-order valence-corrected chi connectivity index (χ4v) is 3.58. The molecule has 0 heterocycles. The summed E-state index contributed by atoms with van der Waals surface area (Å²) in [5.74, 6) is -1.78. The Balaban J connectivity index is 2.04. The molecule has 5 nitrogen and oxygen atoms in total. The molecule has 2 aromatic rings. The van der Waals surface area contributed by atoms with Crippen molar-refractivity contribution in [3.63, 3.8) is 0 Å². The third-order valence-corrected chi connectivity index (χ3v) is 5.46. The van der Waals surface area contributed by atoms with Crippen LogP contribution in [-0.2, 0) is 24.2 Å². The fraction of sp³-hybridized carbons (Fsp3) is 0.480. The Morgan fingerprint density at radius 1 is 1.06 bits per heavy atom. The highest BCUT2D eigenvalue weighted by Gasteiger charge is 2.24. The molecule has 5 N–H and O–H groups in total. The molecule has 7 heteroatoms. The summed E-state index contributed by atoms with van der Waals surface area (Å²) in [6.07, 6.45) is 2.31. The van der Waals surface area contributed by atoms with Crippen LogP contribution in [0.3, 0.4) is 0 Å². The van der Waals surface area contributed by atoms with Crippen molar-refractivity contribution in [3.05, 3.63) is 70.8 Å². The number of benzene rings is 2. The van der Waals surface area contributed by atoms with Gasteiger partial charge < -0.3 is 21.5 Å². The smallest absolute Gasteiger partial charge is 0.237 e. The van der Waals surface area contributed by atoms with Crippen LogP contribution >= 0.6 is 0 Å². The molecule has 0 saturated carbocycles. The van der Waals surface area contributed by atoms with E-state index in [9.17, 15) is 18.7 Å². The van der Waals surface area contributed by atoms with Crippen molar-refractivity contribution in [3.8, 4) is 0 Å². The second kappa shape index (κ2) is 13.3. The summed E-state index contributed by atoms with van der Waals surface area (Å²) in [5.41, 5.74) is 8.63. The summed E-state index contributed by atoms with van der Waals surface area (Å²) in [4.78, 5) is 12.5. The monoisotopic (exact) mass is 447 g/mol. The molecule has 0 aliphatic carbocycles. The van der Waals surface area contributed by atoms with E-state index in [2.05, 4.69) is 29.7 Å². The minimum Gasteiger partial charge on any atom is -0.390 e. The number of nitrogens with one attached hydrogen (secondary N) is 2. The van der Waals surface area contributed by atoms with E-state index in [1.165, 1.54) is 17.7 Å². The maximum absolute atomic E-state index is 13.6. The maximum Gasteiger partial charge on any atom is 0.237 e. The molecule has 0 aliphatic rings. The van der Waals surface area contributed by atoms with Crippen LogP contribution in [0.5, 0.6) is 0 Å². The van der Waals surface area contributed by atoms with Gasteiger partial charge in [0.1, 0.15) is 11.6 Å². The van der Waals surface area contributed by atoms with E-state index >= 15 is 0 Å². The summed E-state index contributed by atoms with van der Waals surface area (Å²) >= 11 is 0. The molecule has 0 spiro atoms. The number of nitrogens with two attached hydrogens (primary N) is 1. The van der Waals surface area contributed by atoms with Gasteiger partial charge >= 0.3 is 0 Å². The highest BCUT2D eigenvalue weighted by molar-refractivity contribution is 5.81. The van der Waals surface area contributed by atoms with E-state index in [1.54, 1.807) is 0 Å². The van der Waals surface area contributed by atoms with Gasteiger partial charge in [0.25, 0.3) is 0 Å². The molecule has 2 aromatic carbocycles. The van der Waals surface area contributed by atoms with Gasteiger partial charge in [0.15, 0.2) is 0 Å². The second-order valence-corrected chi connectivity index (χ2v) is 8.22. The number of halogens is 2. The summed E-state index contributed by atoms with van der Waals surface area (Å²) in [6, 6.07) is 9.91. The van der Waals surface area contributed by atoms with E-state index < -0.39 is 29.8 Å². The van der Waals surface area contributed by atoms with Crippen molar-refractivity contribution in [2.24, 2.45) is 5.73 Å². The van der Waals surface area contributed by atoms with Crippen molar-refractivity contribution >= 4 is 5.91 Å². The lowest BCUT2D eigenvalue weighted by atomic mass is 9.99. The SMILES string of the molecule is CCCC[C@@H](N)C(=O)N[C@@H](Cc1cc(F)cc(F)c1)[C@H](O)CNCc1cccc(CC)c1. The number of amides is 1. The number of hydrogen-bond acceptors (Lipinski definition) is 4. The molecule has 0 unspecified atom stereocenters. The van der Waals surface area contributed by atoms with Crippen LogP contribution in [0, 0.1) is 11.6 Å². The first kappa shape index (κ1) is 25.9. The topological polar surface area (TPSA) is 87.4 Å². The summed E-state index contributed by atoms with van der Waals surface area (Å²) in [6.45, 7) is 4.85. The van der Waals surface area contributed by atoms with Gasteiger partial charge in [0, 0.05) is 19.2 Å². The normalized spacial score (nSPS) is 14.1. The molecular formula is C25H35F2N3O2. The van der Waals surface area contributed by atoms with Crippen molar-refractivity contribution < 1.29 is 18.7 Å². The van der Waals surface area contributed by atoms with Crippen LogP contribution in [0.2, 0.25) is 0 Å². The molecule has 0 aliphatic heterocycles. The molecule has 32 heavy (non-hydrogen) atoms. The van der Waals surface area contributed by atoms with Crippen molar-refractivity contribution in [1.82, 2.24) is 10.6 Å². The Morgan fingerprint density at radius 3 is 2.41 bits per heavy atom. The highest BCUT2D eigenvalue weighted by Crippen LogP contribution is 2.13. The Labute approximate surface area is 189 Å². The Kier molecular flexibility index (Phi) is 10.7. The van der Waals surface area contributed by atoms with Crippen LogP contribution in [0.4, 0.5) is 8.78 Å². The number of rotatable bonds is 13. The molecule has 0 radical (unpaired) electrons. The summed E-state index contributed by atoms with van der Waals surface area (Å²) in [7, 11) is 0. The van der Waals surface area contributed by atoms with Gasteiger partial charge in [-0.3, -0.25) is 4.79 Å². The predicted molar refractivity (Wildman–Crippen MR) is 123 cm³/mol.